The predicted molar refractivity (Wildman–Crippen MR) is 69.4 cm³/mol. The van der Waals surface area contributed by atoms with E-state index in [1.54, 1.807) is 0 Å². The molecule has 0 aliphatic carbocycles. The molecule has 0 saturated carbocycles. The number of nitrogens with zero attached hydrogens (tertiary/aromatic N) is 1. The van der Waals surface area contributed by atoms with Gasteiger partial charge in [0.25, 0.3) is 0 Å². The Kier molecular flexibility index (Phi) is 3.29. The van der Waals surface area contributed by atoms with Crippen molar-refractivity contribution >= 4 is 5.69 Å². The van der Waals surface area contributed by atoms with Crippen LogP contribution in [0.4, 0.5) is 5.69 Å². The Morgan fingerprint density at radius 2 is 2.06 bits per heavy atom. The van der Waals surface area contributed by atoms with Gasteiger partial charge in [0.2, 0.25) is 0 Å². The third kappa shape index (κ3) is 2.61. The van der Waals surface area contributed by atoms with Crippen molar-refractivity contribution in [3.05, 3.63) is 29.8 Å². The van der Waals surface area contributed by atoms with E-state index >= 15 is 0 Å². The van der Waals surface area contributed by atoms with Crippen molar-refractivity contribution in [3.8, 4) is 0 Å². The number of nitrogens with one attached hydrogen (secondary N) is 1. The Labute approximate surface area is 103 Å². The molecule has 2 aliphatic rings. The van der Waals surface area contributed by atoms with Crippen LogP contribution in [0.1, 0.15) is 5.56 Å². The average molecular weight is 232 g/mol. The third-order valence-electron chi connectivity index (χ3n) is 3.73. The number of morpholine rings is 1. The molecule has 2 aliphatic heterocycles. The summed E-state index contributed by atoms with van der Waals surface area (Å²) < 4.78 is 5.39. The van der Waals surface area contributed by atoms with Crippen LogP contribution in [-0.4, -0.2) is 44.3 Å². The summed E-state index contributed by atoms with van der Waals surface area (Å²) in [7, 11) is 0. The molecule has 3 heteroatoms. The fraction of sp³-hybridized carbons (Fsp3) is 0.571. The first-order chi connectivity index (χ1) is 8.42. The quantitative estimate of drug-likeness (QED) is 0.838. The largest absolute Gasteiger partial charge is 0.384 e. The topological polar surface area (TPSA) is 24.5 Å². The van der Waals surface area contributed by atoms with E-state index in [4.69, 9.17) is 4.74 Å². The number of benzene rings is 1. The first-order valence-corrected chi connectivity index (χ1v) is 6.54. The highest BCUT2D eigenvalue weighted by Gasteiger charge is 2.21. The second-order valence-corrected chi connectivity index (χ2v) is 5.02. The molecule has 1 fully saturated rings. The van der Waals surface area contributed by atoms with Crippen LogP contribution in [0.25, 0.3) is 0 Å². The number of ether oxygens (including phenoxy) is 1. The highest BCUT2D eigenvalue weighted by molar-refractivity contribution is 5.53. The molecule has 17 heavy (non-hydrogen) atoms. The smallest absolute Gasteiger partial charge is 0.0594 e. The van der Waals surface area contributed by atoms with Gasteiger partial charge in [-0.2, -0.15) is 0 Å². The van der Waals surface area contributed by atoms with Crippen LogP contribution >= 0.6 is 0 Å². The van der Waals surface area contributed by atoms with Crippen molar-refractivity contribution in [1.29, 1.82) is 0 Å². The molecule has 0 amide bonds. The maximum atomic E-state index is 5.39. The Balaban J connectivity index is 1.60. The summed E-state index contributed by atoms with van der Waals surface area (Å²) >= 11 is 0. The van der Waals surface area contributed by atoms with Crippen LogP contribution in [0.15, 0.2) is 24.3 Å². The van der Waals surface area contributed by atoms with E-state index < -0.39 is 0 Å². The van der Waals surface area contributed by atoms with E-state index in [2.05, 4.69) is 34.5 Å². The summed E-state index contributed by atoms with van der Waals surface area (Å²) in [6.45, 7) is 6.29. The van der Waals surface area contributed by atoms with Gasteiger partial charge in [0, 0.05) is 31.9 Å². The summed E-state index contributed by atoms with van der Waals surface area (Å²) in [5.41, 5.74) is 2.79. The number of rotatable bonds is 2. The van der Waals surface area contributed by atoms with Gasteiger partial charge in [-0.1, -0.05) is 18.2 Å². The van der Waals surface area contributed by atoms with Crippen molar-refractivity contribution in [2.75, 3.05) is 44.7 Å². The van der Waals surface area contributed by atoms with Gasteiger partial charge < -0.3 is 10.1 Å². The average Bonchev–Trinajstić information content (AvgIpc) is 2.40. The highest BCUT2D eigenvalue weighted by Crippen LogP contribution is 2.24. The molecular formula is C14H20N2O. The lowest BCUT2D eigenvalue weighted by molar-refractivity contribution is 0.0313. The molecule has 1 saturated heterocycles. The number of anilines is 1. The fourth-order valence-electron chi connectivity index (χ4n) is 2.79. The molecule has 0 radical (unpaired) electrons. The minimum Gasteiger partial charge on any atom is -0.384 e. The van der Waals surface area contributed by atoms with Crippen molar-refractivity contribution in [3.63, 3.8) is 0 Å². The molecule has 0 aromatic heterocycles. The Morgan fingerprint density at radius 1 is 1.24 bits per heavy atom. The van der Waals surface area contributed by atoms with Crippen LogP contribution in [-0.2, 0) is 11.2 Å². The standard InChI is InChI=1S/C14H20N2O/c1-2-4-14-13(3-1)9-12(10-15-14)11-16-5-7-17-8-6-16/h1-4,12,15H,5-11H2. The lowest BCUT2D eigenvalue weighted by atomic mass is 9.93. The van der Waals surface area contributed by atoms with Crippen LogP contribution in [0, 0.1) is 5.92 Å². The number of hydrogen-bond donors (Lipinski definition) is 1. The monoisotopic (exact) mass is 232 g/mol. The fourth-order valence-corrected chi connectivity index (χ4v) is 2.79. The molecule has 1 aromatic rings. The molecular weight excluding hydrogens is 212 g/mol. The molecule has 0 spiro atoms. The normalized spacial score (nSPS) is 25.1. The molecule has 92 valence electrons. The maximum Gasteiger partial charge on any atom is 0.0594 e. The van der Waals surface area contributed by atoms with Gasteiger partial charge in [-0.25, -0.2) is 0 Å². The van der Waals surface area contributed by atoms with Crippen LogP contribution in [0.2, 0.25) is 0 Å². The predicted octanol–water partition coefficient (Wildman–Crippen LogP) is 1.60. The van der Waals surface area contributed by atoms with Crippen LogP contribution in [0.3, 0.4) is 0 Å². The first kappa shape index (κ1) is 11.1. The second kappa shape index (κ2) is 5.07. The maximum absolute atomic E-state index is 5.39. The van der Waals surface area contributed by atoms with Crippen LogP contribution < -0.4 is 5.32 Å². The highest BCUT2D eigenvalue weighted by atomic mass is 16.5. The van der Waals surface area contributed by atoms with Crippen molar-refractivity contribution < 1.29 is 4.74 Å². The molecule has 3 nitrogen and oxygen atoms in total. The number of para-hydroxylation sites is 1. The zero-order valence-corrected chi connectivity index (χ0v) is 10.2. The zero-order chi connectivity index (χ0) is 11.5. The van der Waals surface area contributed by atoms with Crippen molar-refractivity contribution in [2.45, 2.75) is 6.42 Å². The van der Waals surface area contributed by atoms with Crippen LogP contribution in [0.5, 0.6) is 0 Å². The summed E-state index contributed by atoms with van der Waals surface area (Å²) in [4.78, 5) is 2.53. The molecule has 1 atom stereocenters. The molecule has 1 aromatic carbocycles. The van der Waals surface area contributed by atoms with Crippen molar-refractivity contribution in [2.24, 2.45) is 5.92 Å². The Hall–Kier alpha value is -1.06. The lowest BCUT2D eigenvalue weighted by Gasteiger charge is -2.33. The Bertz CT molecular complexity index is 374. The van der Waals surface area contributed by atoms with E-state index in [1.807, 2.05) is 0 Å². The molecule has 1 N–H and O–H groups in total. The summed E-state index contributed by atoms with van der Waals surface area (Å²) in [5, 5.41) is 3.54. The Morgan fingerprint density at radius 3 is 2.94 bits per heavy atom. The lowest BCUT2D eigenvalue weighted by Crippen LogP contribution is -2.42. The van der Waals surface area contributed by atoms with E-state index in [9.17, 15) is 0 Å². The number of fused-ring (bicyclic) bond motifs is 1. The van der Waals surface area contributed by atoms with E-state index in [-0.39, 0.29) is 0 Å². The van der Waals surface area contributed by atoms with E-state index in [0.717, 1.165) is 38.8 Å². The third-order valence-corrected chi connectivity index (χ3v) is 3.73. The zero-order valence-electron chi connectivity index (χ0n) is 10.2. The minimum absolute atomic E-state index is 0.739. The second-order valence-electron chi connectivity index (χ2n) is 5.02. The van der Waals surface area contributed by atoms with E-state index in [0.29, 0.717) is 0 Å². The van der Waals surface area contributed by atoms with Gasteiger partial charge >= 0.3 is 0 Å². The number of hydrogen-bond acceptors (Lipinski definition) is 3. The minimum atomic E-state index is 0.739. The van der Waals surface area contributed by atoms with Gasteiger partial charge in [-0.05, 0) is 24.0 Å². The summed E-state index contributed by atoms with van der Waals surface area (Å²) in [6.07, 6.45) is 1.21. The first-order valence-electron chi connectivity index (χ1n) is 6.54. The van der Waals surface area contributed by atoms with Crippen molar-refractivity contribution in [1.82, 2.24) is 4.90 Å². The summed E-state index contributed by atoms with van der Waals surface area (Å²) in [5.74, 6) is 0.739. The van der Waals surface area contributed by atoms with Gasteiger partial charge in [-0.3, -0.25) is 4.90 Å². The SMILES string of the molecule is c1ccc2c(c1)CC(CN1CCOCC1)CN2. The van der Waals surface area contributed by atoms with Gasteiger partial charge in [0.05, 0.1) is 13.2 Å². The van der Waals surface area contributed by atoms with Gasteiger partial charge in [0.1, 0.15) is 0 Å². The molecule has 1 unspecified atom stereocenters. The van der Waals surface area contributed by atoms with Gasteiger partial charge in [0.15, 0.2) is 0 Å². The van der Waals surface area contributed by atoms with E-state index in [1.165, 1.54) is 24.2 Å². The molecule has 3 rings (SSSR count). The summed E-state index contributed by atoms with van der Waals surface area (Å²) in [6, 6.07) is 8.67. The molecule has 0 bridgehead atoms. The van der Waals surface area contributed by atoms with Gasteiger partial charge in [-0.15, -0.1) is 0 Å². The molecule has 2 heterocycles.